The fraction of sp³-hybridized carbons (Fsp3) is 0.688. The third-order valence-corrected chi connectivity index (χ3v) is 3.72. The SMILES string of the molecule is C=N/C(NC1CCCCCCCCC1)=C(N)\C=C/C. The van der Waals surface area contributed by atoms with Gasteiger partial charge in [-0.2, -0.15) is 0 Å². The van der Waals surface area contributed by atoms with E-state index >= 15 is 0 Å². The molecule has 0 unspecified atom stereocenters. The molecule has 0 amide bonds. The van der Waals surface area contributed by atoms with Crippen LogP contribution in [0.25, 0.3) is 0 Å². The van der Waals surface area contributed by atoms with E-state index in [0.29, 0.717) is 11.7 Å². The Balaban J connectivity index is 2.58. The zero-order chi connectivity index (χ0) is 13.9. The Labute approximate surface area is 118 Å². The van der Waals surface area contributed by atoms with E-state index in [0.717, 1.165) is 5.82 Å². The molecule has 1 fully saturated rings. The summed E-state index contributed by atoms with van der Waals surface area (Å²) >= 11 is 0. The molecule has 0 atom stereocenters. The minimum atomic E-state index is 0.488. The monoisotopic (exact) mass is 263 g/mol. The van der Waals surface area contributed by atoms with E-state index in [1.165, 1.54) is 57.8 Å². The van der Waals surface area contributed by atoms with Crippen LogP contribution in [0.4, 0.5) is 0 Å². The van der Waals surface area contributed by atoms with E-state index in [2.05, 4.69) is 17.0 Å². The highest BCUT2D eigenvalue weighted by Crippen LogP contribution is 2.18. The second kappa shape index (κ2) is 9.65. The van der Waals surface area contributed by atoms with Crippen molar-refractivity contribution in [1.82, 2.24) is 5.32 Å². The maximum Gasteiger partial charge on any atom is 0.148 e. The van der Waals surface area contributed by atoms with Gasteiger partial charge in [-0.05, 0) is 32.6 Å². The summed E-state index contributed by atoms with van der Waals surface area (Å²) in [7, 11) is 0. The van der Waals surface area contributed by atoms with Crippen LogP contribution in [-0.4, -0.2) is 12.8 Å². The van der Waals surface area contributed by atoms with Gasteiger partial charge in [0.15, 0.2) is 0 Å². The quantitative estimate of drug-likeness (QED) is 0.597. The lowest BCUT2D eigenvalue weighted by atomic mass is 9.97. The predicted octanol–water partition coefficient (Wildman–Crippen LogP) is 3.87. The molecule has 0 heterocycles. The lowest BCUT2D eigenvalue weighted by Gasteiger charge is -2.21. The molecule has 0 spiro atoms. The molecule has 3 N–H and O–H groups in total. The molecule has 1 saturated carbocycles. The summed E-state index contributed by atoms with van der Waals surface area (Å²) < 4.78 is 0. The highest BCUT2D eigenvalue weighted by atomic mass is 15.1. The van der Waals surface area contributed by atoms with E-state index in [9.17, 15) is 0 Å². The van der Waals surface area contributed by atoms with Crippen LogP contribution in [0.5, 0.6) is 0 Å². The molecular weight excluding hydrogens is 234 g/mol. The van der Waals surface area contributed by atoms with Crippen molar-refractivity contribution in [3.05, 3.63) is 23.7 Å². The molecule has 0 aromatic heterocycles. The molecule has 0 aromatic rings. The van der Waals surface area contributed by atoms with Gasteiger partial charge < -0.3 is 11.1 Å². The van der Waals surface area contributed by atoms with Crippen LogP contribution in [0.15, 0.2) is 28.7 Å². The number of nitrogens with zero attached hydrogens (tertiary/aromatic N) is 1. The van der Waals surface area contributed by atoms with Gasteiger partial charge in [-0.1, -0.05) is 51.0 Å². The number of nitrogens with two attached hydrogens (primary N) is 1. The fourth-order valence-electron chi connectivity index (χ4n) is 2.63. The smallest absolute Gasteiger partial charge is 0.148 e. The van der Waals surface area contributed by atoms with Crippen LogP contribution in [-0.2, 0) is 0 Å². The minimum absolute atomic E-state index is 0.488. The molecule has 1 aliphatic rings. The molecule has 19 heavy (non-hydrogen) atoms. The van der Waals surface area contributed by atoms with Crippen molar-refractivity contribution >= 4 is 6.72 Å². The van der Waals surface area contributed by atoms with Crippen molar-refractivity contribution in [2.75, 3.05) is 0 Å². The molecule has 0 bridgehead atoms. The standard InChI is InChI=1S/C16H29N3/c1-3-11-15(17)16(18-2)19-14-12-9-7-5-4-6-8-10-13-14/h3,11,14,19H,2,4-10,12-13,17H2,1H3/b11-3-,16-15-. The zero-order valence-corrected chi connectivity index (χ0v) is 12.3. The molecule has 3 heteroatoms. The Morgan fingerprint density at radius 1 is 1.11 bits per heavy atom. The van der Waals surface area contributed by atoms with E-state index in [-0.39, 0.29) is 0 Å². The van der Waals surface area contributed by atoms with Gasteiger partial charge in [0, 0.05) is 6.04 Å². The Morgan fingerprint density at radius 2 is 1.63 bits per heavy atom. The Morgan fingerprint density at radius 3 is 2.11 bits per heavy atom. The summed E-state index contributed by atoms with van der Waals surface area (Å²) in [5.74, 6) is 0.736. The van der Waals surface area contributed by atoms with Crippen LogP contribution < -0.4 is 11.1 Å². The van der Waals surface area contributed by atoms with Crippen LogP contribution in [0.2, 0.25) is 0 Å². The van der Waals surface area contributed by atoms with Gasteiger partial charge in [0.25, 0.3) is 0 Å². The number of allylic oxidation sites excluding steroid dienone is 2. The topological polar surface area (TPSA) is 50.4 Å². The van der Waals surface area contributed by atoms with Gasteiger partial charge in [-0.3, -0.25) is 0 Å². The lowest BCUT2D eigenvalue weighted by molar-refractivity contribution is 0.420. The summed E-state index contributed by atoms with van der Waals surface area (Å²) in [5, 5.41) is 3.48. The molecule has 1 aliphatic carbocycles. The van der Waals surface area contributed by atoms with E-state index in [1.54, 1.807) is 0 Å². The van der Waals surface area contributed by atoms with Gasteiger partial charge in [0.1, 0.15) is 5.82 Å². The van der Waals surface area contributed by atoms with Gasteiger partial charge >= 0.3 is 0 Å². The predicted molar refractivity (Wildman–Crippen MR) is 84.1 cm³/mol. The summed E-state index contributed by atoms with van der Waals surface area (Å²) in [6.45, 7) is 5.58. The number of rotatable bonds is 4. The summed E-state index contributed by atoms with van der Waals surface area (Å²) in [6, 6.07) is 0.488. The average Bonchev–Trinajstić information content (AvgIpc) is 2.43. The average molecular weight is 263 g/mol. The largest absolute Gasteiger partial charge is 0.396 e. The minimum Gasteiger partial charge on any atom is -0.396 e. The fourth-order valence-corrected chi connectivity index (χ4v) is 2.63. The molecule has 108 valence electrons. The molecule has 1 rings (SSSR count). The third-order valence-electron chi connectivity index (χ3n) is 3.72. The first-order valence-electron chi connectivity index (χ1n) is 7.63. The van der Waals surface area contributed by atoms with Crippen LogP contribution in [0.1, 0.15) is 64.7 Å². The first kappa shape index (κ1) is 15.8. The van der Waals surface area contributed by atoms with Gasteiger partial charge in [0.2, 0.25) is 0 Å². The summed E-state index contributed by atoms with van der Waals surface area (Å²) in [6.07, 6.45) is 15.7. The van der Waals surface area contributed by atoms with Crippen molar-refractivity contribution in [1.29, 1.82) is 0 Å². The number of aliphatic imine (C=N–C) groups is 1. The Kier molecular flexibility index (Phi) is 8.03. The molecule has 0 aromatic carbocycles. The van der Waals surface area contributed by atoms with E-state index < -0.39 is 0 Å². The molecule has 3 nitrogen and oxygen atoms in total. The van der Waals surface area contributed by atoms with Gasteiger partial charge in [0.05, 0.1) is 5.70 Å². The third kappa shape index (κ3) is 6.46. The highest BCUT2D eigenvalue weighted by Gasteiger charge is 2.11. The van der Waals surface area contributed by atoms with Crippen molar-refractivity contribution in [3.8, 4) is 0 Å². The summed E-state index contributed by atoms with van der Waals surface area (Å²) in [5.41, 5.74) is 6.65. The van der Waals surface area contributed by atoms with Crippen molar-refractivity contribution in [2.45, 2.75) is 70.8 Å². The highest BCUT2D eigenvalue weighted by molar-refractivity contribution is 5.32. The molecule has 0 radical (unpaired) electrons. The van der Waals surface area contributed by atoms with Crippen molar-refractivity contribution in [3.63, 3.8) is 0 Å². The van der Waals surface area contributed by atoms with Crippen molar-refractivity contribution in [2.24, 2.45) is 10.7 Å². The second-order valence-electron chi connectivity index (χ2n) is 5.36. The first-order valence-corrected chi connectivity index (χ1v) is 7.63. The van der Waals surface area contributed by atoms with Crippen LogP contribution in [0, 0.1) is 0 Å². The molecular formula is C16H29N3. The second-order valence-corrected chi connectivity index (χ2v) is 5.36. The lowest BCUT2D eigenvalue weighted by Crippen LogP contribution is -2.29. The van der Waals surface area contributed by atoms with Crippen LogP contribution >= 0.6 is 0 Å². The Hall–Kier alpha value is -1.25. The first-order chi connectivity index (χ1) is 9.27. The van der Waals surface area contributed by atoms with E-state index in [1.807, 2.05) is 19.1 Å². The Bertz CT molecular complexity index is 308. The zero-order valence-electron chi connectivity index (χ0n) is 12.3. The van der Waals surface area contributed by atoms with Crippen LogP contribution in [0.3, 0.4) is 0 Å². The number of hydrogen-bond donors (Lipinski definition) is 2. The maximum atomic E-state index is 5.98. The van der Waals surface area contributed by atoms with Gasteiger partial charge in [-0.25, -0.2) is 4.99 Å². The van der Waals surface area contributed by atoms with E-state index in [4.69, 9.17) is 5.73 Å². The number of hydrogen-bond acceptors (Lipinski definition) is 3. The normalized spacial score (nSPS) is 20.9. The number of nitrogens with one attached hydrogen (secondary N) is 1. The maximum absolute atomic E-state index is 5.98. The molecule has 0 saturated heterocycles. The van der Waals surface area contributed by atoms with Crippen molar-refractivity contribution < 1.29 is 0 Å². The molecule has 0 aliphatic heterocycles. The van der Waals surface area contributed by atoms with Gasteiger partial charge in [-0.15, -0.1) is 0 Å². The summed E-state index contributed by atoms with van der Waals surface area (Å²) in [4.78, 5) is 4.04.